The molecule has 0 aliphatic heterocycles. The maximum atomic E-state index is 12.6. The zero-order valence-electron chi connectivity index (χ0n) is 11.5. The van der Waals surface area contributed by atoms with Crippen molar-refractivity contribution in [2.45, 2.75) is 19.1 Å². The highest BCUT2D eigenvalue weighted by Gasteiger charge is 2.29. The van der Waals surface area contributed by atoms with Gasteiger partial charge in [-0.3, -0.25) is 4.40 Å². The molecule has 0 radical (unpaired) electrons. The minimum atomic E-state index is -4.32. The molecule has 0 fully saturated rings. The number of rotatable bonds is 3. The fourth-order valence-corrected chi connectivity index (χ4v) is 2.29. The van der Waals surface area contributed by atoms with E-state index in [0.29, 0.717) is 24.4 Å². The summed E-state index contributed by atoms with van der Waals surface area (Å²) in [6, 6.07) is 8.77. The van der Waals surface area contributed by atoms with Gasteiger partial charge in [-0.2, -0.15) is 13.2 Å². The first-order chi connectivity index (χ1) is 10.5. The standard InChI is InChI=1S/C15H13F3N4/c16-15(17,18)12-5-3-10(4-6-12)8-13-20-21-14-11(9-19)2-1-7-22(13)14/h1-7H,8-9,19H2. The number of aromatic nitrogens is 3. The van der Waals surface area contributed by atoms with E-state index in [9.17, 15) is 13.2 Å². The number of hydrogen-bond donors (Lipinski definition) is 1. The molecule has 114 valence electrons. The van der Waals surface area contributed by atoms with E-state index in [0.717, 1.165) is 23.3 Å². The summed E-state index contributed by atoms with van der Waals surface area (Å²) >= 11 is 0. The van der Waals surface area contributed by atoms with Crippen LogP contribution in [0.1, 0.15) is 22.5 Å². The van der Waals surface area contributed by atoms with Crippen molar-refractivity contribution in [3.05, 3.63) is 65.1 Å². The van der Waals surface area contributed by atoms with Gasteiger partial charge in [0, 0.05) is 24.7 Å². The maximum absolute atomic E-state index is 12.6. The number of hydrogen-bond acceptors (Lipinski definition) is 3. The lowest BCUT2D eigenvalue weighted by Crippen LogP contribution is -2.05. The molecule has 0 spiro atoms. The Morgan fingerprint density at radius 1 is 1.05 bits per heavy atom. The topological polar surface area (TPSA) is 56.2 Å². The quantitative estimate of drug-likeness (QED) is 0.809. The van der Waals surface area contributed by atoms with Gasteiger partial charge in [0.2, 0.25) is 0 Å². The van der Waals surface area contributed by atoms with Gasteiger partial charge in [0.1, 0.15) is 5.82 Å². The Balaban J connectivity index is 1.90. The first-order valence-corrected chi connectivity index (χ1v) is 6.67. The smallest absolute Gasteiger partial charge is 0.326 e. The van der Waals surface area contributed by atoms with Gasteiger partial charge in [0.05, 0.1) is 5.56 Å². The summed E-state index contributed by atoms with van der Waals surface area (Å²) in [5, 5.41) is 8.20. The summed E-state index contributed by atoms with van der Waals surface area (Å²) in [5.41, 5.74) is 7.27. The van der Waals surface area contributed by atoms with E-state index in [1.54, 1.807) is 4.40 Å². The lowest BCUT2D eigenvalue weighted by molar-refractivity contribution is -0.137. The number of fused-ring (bicyclic) bond motifs is 1. The van der Waals surface area contributed by atoms with Crippen LogP contribution < -0.4 is 5.73 Å². The highest BCUT2D eigenvalue weighted by molar-refractivity contribution is 5.47. The minimum absolute atomic E-state index is 0.350. The Labute approximate surface area is 124 Å². The van der Waals surface area contributed by atoms with Crippen LogP contribution in [0.25, 0.3) is 5.65 Å². The first kappa shape index (κ1) is 14.5. The van der Waals surface area contributed by atoms with Gasteiger partial charge in [-0.05, 0) is 23.8 Å². The summed E-state index contributed by atoms with van der Waals surface area (Å²) in [6.07, 6.45) is -2.11. The van der Waals surface area contributed by atoms with Crippen molar-refractivity contribution in [1.29, 1.82) is 0 Å². The van der Waals surface area contributed by atoms with Crippen LogP contribution in [0.4, 0.5) is 13.2 Å². The van der Waals surface area contributed by atoms with E-state index in [1.807, 2.05) is 18.3 Å². The Morgan fingerprint density at radius 3 is 2.41 bits per heavy atom. The summed E-state index contributed by atoms with van der Waals surface area (Å²) in [4.78, 5) is 0. The van der Waals surface area contributed by atoms with Gasteiger partial charge in [-0.25, -0.2) is 0 Å². The zero-order valence-corrected chi connectivity index (χ0v) is 11.5. The molecule has 0 bridgehead atoms. The number of nitrogens with two attached hydrogens (primary N) is 1. The molecule has 0 aliphatic carbocycles. The van der Waals surface area contributed by atoms with Crippen molar-refractivity contribution in [3.8, 4) is 0 Å². The van der Waals surface area contributed by atoms with Crippen LogP contribution in [0.3, 0.4) is 0 Å². The third-order valence-electron chi connectivity index (χ3n) is 3.45. The molecule has 2 heterocycles. The van der Waals surface area contributed by atoms with E-state index in [1.165, 1.54) is 12.1 Å². The van der Waals surface area contributed by atoms with Gasteiger partial charge in [-0.15, -0.1) is 10.2 Å². The monoisotopic (exact) mass is 306 g/mol. The lowest BCUT2D eigenvalue weighted by Gasteiger charge is -2.07. The molecule has 7 heteroatoms. The molecular formula is C15H13F3N4. The van der Waals surface area contributed by atoms with Crippen molar-refractivity contribution in [1.82, 2.24) is 14.6 Å². The molecule has 2 aromatic heterocycles. The summed E-state index contributed by atoms with van der Waals surface area (Å²) < 4.78 is 39.5. The Morgan fingerprint density at radius 2 is 1.77 bits per heavy atom. The normalized spacial score (nSPS) is 12.0. The van der Waals surface area contributed by atoms with Gasteiger partial charge >= 0.3 is 6.18 Å². The predicted molar refractivity (Wildman–Crippen MR) is 75.1 cm³/mol. The average molecular weight is 306 g/mol. The number of nitrogens with zero attached hydrogens (tertiary/aromatic N) is 3. The summed E-state index contributed by atoms with van der Waals surface area (Å²) in [7, 11) is 0. The van der Waals surface area contributed by atoms with E-state index < -0.39 is 11.7 Å². The first-order valence-electron chi connectivity index (χ1n) is 6.67. The number of benzene rings is 1. The molecule has 1 aromatic carbocycles. The molecule has 0 amide bonds. The fourth-order valence-electron chi connectivity index (χ4n) is 2.29. The molecule has 22 heavy (non-hydrogen) atoms. The molecule has 0 atom stereocenters. The molecular weight excluding hydrogens is 293 g/mol. The van der Waals surface area contributed by atoms with Gasteiger partial charge in [-0.1, -0.05) is 18.2 Å². The van der Waals surface area contributed by atoms with E-state index in [-0.39, 0.29) is 0 Å². The second-order valence-corrected chi connectivity index (χ2v) is 4.92. The second-order valence-electron chi connectivity index (χ2n) is 4.92. The highest BCUT2D eigenvalue weighted by Crippen LogP contribution is 2.29. The molecule has 0 unspecified atom stereocenters. The Kier molecular flexibility index (Phi) is 3.58. The fraction of sp³-hybridized carbons (Fsp3) is 0.200. The third kappa shape index (κ3) is 2.67. The molecule has 2 N–H and O–H groups in total. The van der Waals surface area contributed by atoms with Crippen molar-refractivity contribution >= 4 is 5.65 Å². The Hall–Kier alpha value is -2.41. The maximum Gasteiger partial charge on any atom is 0.416 e. The third-order valence-corrected chi connectivity index (χ3v) is 3.45. The molecule has 3 aromatic rings. The molecule has 0 aliphatic rings. The molecule has 0 saturated heterocycles. The predicted octanol–water partition coefficient (Wildman–Crippen LogP) is 2.80. The van der Waals surface area contributed by atoms with E-state index in [4.69, 9.17) is 5.73 Å². The van der Waals surface area contributed by atoms with Crippen LogP contribution in [0.15, 0.2) is 42.6 Å². The largest absolute Gasteiger partial charge is 0.416 e. The van der Waals surface area contributed by atoms with Gasteiger partial charge < -0.3 is 5.73 Å². The van der Waals surface area contributed by atoms with Crippen LogP contribution in [-0.4, -0.2) is 14.6 Å². The SMILES string of the molecule is NCc1cccn2c(Cc3ccc(C(F)(F)F)cc3)nnc12. The summed E-state index contributed by atoms with van der Waals surface area (Å²) in [5.74, 6) is 0.657. The van der Waals surface area contributed by atoms with E-state index >= 15 is 0 Å². The van der Waals surface area contributed by atoms with Crippen LogP contribution in [0, 0.1) is 0 Å². The Bertz CT molecular complexity index is 791. The van der Waals surface area contributed by atoms with Crippen molar-refractivity contribution in [2.24, 2.45) is 5.73 Å². The van der Waals surface area contributed by atoms with Crippen molar-refractivity contribution in [3.63, 3.8) is 0 Å². The highest BCUT2D eigenvalue weighted by atomic mass is 19.4. The molecule has 0 saturated carbocycles. The lowest BCUT2D eigenvalue weighted by atomic mass is 10.1. The second kappa shape index (κ2) is 5.42. The van der Waals surface area contributed by atoms with Crippen LogP contribution in [0.2, 0.25) is 0 Å². The van der Waals surface area contributed by atoms with Crippen LogP contribution >= 0.6 is 0 Å². The minimum Gasteiger partial charge on any atom is -0.326 e. The number of halogens is 3. The zero-order chi connectivity index (χ0) is 15.7. The van der Waals surface area contributed by atoms with E-state index in [2.05, 4.69) is 10.2 Å². The average Bonchev–Trinajstić information content (AvgIpc) is 2.90. The number of pyridine rings is 1. The van der Waals surface area contributed by atoms with Crippen molar-refractivity contribution < 1.29 is 13.2 Å². The molecule has 4 nitrogen and oxygen atoms in total. The van der Waals surface area contributed by atoms with Crippen LogP contribution in [0.5, 0.6) is 0 Å². The van der Waals surface area contributed by atoms with Gasteiger partial charge in [0.15, 0.2) is 5.65 Å². The summed E-state index contributed by atoms with van der Waals surface area (Å²) in [6.45, 7) is 0.350. The number of alkyl halides is 3. The van der Waals surface area contributed by atoms with Gasteiger partial charge in [0.25, 0.3) is 0 Å². The molecule has 3 rings (SSSR count). The van der Waals surface area contributed by atoms with Crippen LogP contribution in [-0.2, 0) is 19.1 Å². The van der Waals surface area contributed by atoms with Crippen molar-refractivity contribution in [2.75, 3.05) is 0 Å².